The van der Waals surface area contributed by atoms with E-state index in [4.69, 9.17) is 18.9 Å². The van der Waals surface area contributed by atoms with Gasteiger partial charge in [0.1, 0.15) is 11.5 Å². The van der Waals surface area contributed by atoms with E-state index in [0.717, 1.165) is 33.5 Å². The second-order valence-electron chi connectivity index (χ2n) is 9.57. The molecule has 210 valence electrons. The number of hydrogen-bond donors (Lipinski definition) is 0. The van der Waals surface area contributed by atoms with Gasteiger partial charge in [0.25, 0.3) is 5.91 Å². The molecule has 0 atom stereocenters. The van der Waals surface area contributed by atoms with Crippen molar-refractivity contribution in [2.75, 3.05) is 14.2 Å². The number of methoxy groups -OCH3 is 2. The Balaban J connectivity index is 1.35. The van der Waals surface area contributed by atoms with Crippen LogP contribution in [0.3, 0.4) is 0 Å². The molecule has 0 spiro atoms. The molecule has 3 aromatic carbocycles. The molecule has 2 aromatic heterocycles. The second kappa shape index (κ2) is 11.8. The summed E-state index contributed by atoms with van der Waals surface area (Å²) in [5, 5.41) is 1.61. The maximum Gasteiger partial charge on any atom is 0.373 e. The average Bonchev–Trinajstić information content (AvgIpc) is 3.71. The molecule has 9 heteroatoms. The molecule has 0 bridgehead atoms. The lowest BCUT2D eigenvalue weighted by Gasteiger charge is -2.16. The van der Waals surface area contributed by atoms with Crippen molar-refractivity contribution in [2.24, 2.45) is 4.99 Å². The van der Waals surface area contributed by atoms with E-state index in [0.29, 0.717) is 28.9 Å². The quantitative estimate of drug-likeness (QED) is 0.148. The van der Waals surface area contributed by atoms with Crippen LogP contribution in [-0.4, -0.2) is 40.7 Å². The Bertz CT molecular complexity index is 1820. The first-order valence-corrected chi connectivity index (χ1v) is 14.1. The Morgan fingerprint density at radius 3 is 2.45 bits per heavy atom. The standard InChI is InChI=1S/C33H27N3O5S/c1-39-25-14-12-22(13-15-25)19-36-31(37)30(42-33(36)34-24-8-4-3-5-9-24)18-23-20-35(28-11-7-6-10-27(23)28)21-26-16-17-29(41-26)32(38)40-2/h3-18,20H,19,21H2,1-2H3/b30-18-,34-33?. The Morgan fingerprint density at radius 1 is 0.929 bits per heavy atom. The molecule has 8 nitrogen and oxygen atoms in total. The van der Waals surface area contributed by atoms with Crippen molar-refractivity contribution in [3.63, 3.8) is 0 Å². The van der Waals surface area contributed by atoms with Crippen molar-refractivity contribution in [3.8, 4) is 5.75 Å². The predicted molar refractivity (Wildman–Crippen MR) is 164 cm³/mol. The molecular weight excluding hydrogens is 550 g/mol. The van der Waals surface area contributed by atoms with Gasteiger partial charge in [0.2, 0.25) is 5.76 Å². The third-order valence-corrected chi connectivity index (χ3v) is 7.86. The zero-order valence-electron chi connectivity index (χ0n) is 23.0. The summed E-state index contributed by atoms with van der Waals surface area (Å²) in [6.45, 7) is 0.785. The fourth-order valence-corrected chi connectivity index (χ4v) is 5.75. The van der Waals surface area contributed by atoms with Crippen LogP contribution < -0.4 is 4.74 Å². The molecule has 0 aliphatic carbocycles. The molecule has 1 aliphatic heterocycles. The number of esters is 1. The minimum Gasteiger partial charge on any atom is -0.497 e. The summed E-state index contributed by atoms with van der Waals surface area (Å²) in [7, 11) is 2.95. The molecule has 1 fully saturated rings. The largest absolute Gasteiger partial charge is 0.497 e. The van der Waals surface area contributed by atoms with E-state index in [1.807, 2.05) is 95.7 Å². The van der Waals surface area contributed by atoms with Crippen LogP contribution >= 0.6 is 11.8 Å². The van der Waals surface area contributed by atoms with Crippen LogP contribution in [0.1, 0.15) is 27.4 Å². The highest BCUT2D eigenvalue weighted by molar-refractivity contribution is 8.18. The molecule has 0 saturated carbocycles. The SMILES string of the molecule is COC(=O)c1ccc(Cn2cc(/C=C3\SC(=Nc4ccccc4)N(Cc4ccc(OC)cc4)C3=O)c3ccccc32)o1. The van der Waals surface area contributed by atoms with Gasteiger partial charge in [-0.3, -0.25) is 9.69 Å². The van der Waals surface area contributed by atoms with Gasteiger partial charge in [0.15, 0.2) is 5.17 Å². The summed E-state index contributed by atoms with van der Waals surface area (Å²) < 4.78 is 17.8. The van der Waals surface area contributed by atoms with E-state index in [2.05, 4.69) is 0 Å². The fraction of sp³-hybridized carbons (Fsp3) is 0.121. The normalized spacial score (nSPS) is 15.2. The maximum atomic E-state index is 13.8. The van der Waals surface area contributed by atoms with Crippen LogP contribution in [0.5, 0.6) is 5.75 Å². The number of hydrogen-bond acceptors (Lipinski definition) is 7. The Kier molecular flexibility index (Phi) is 7.66. The number of benzene rings is 3. The number of rotatable bonds is 8. The number of nitrogens with zero attached hydrogens (tertiary/aromatic N) is 3. The van der Waals surface area contributed by atoms with Gasteiger partial charge in [-0.15, -0.1) is 0 Å². The highest BCUT2D eigenvalue weighted by Gasteiger charge is 2.34. The molecule has 42 heavy (non-hydrogen) atoms. The monoisotopic (exact) mass is 577 g/mol. The van der Waals surface area contributed by atoms with Crippen LogP contribution in [0.15, 0.2) is 112 Å². The molecule has 3 heterocycles. The lowest BCUT2D eigenvalue weighted by molar-refractivity contribution is -0.122. The van der Waals surface area contributed by atoms with Crippen LogP contribution in [0.25, 0.3) is 17.0 Å². The lowest BCUT2D eigenvalue weighted by atomic mass is 10.1. The molecule has 0 radical (unpaired) electrons. The van der Waals surface area contributed by atoms with Crippen molar-refractivity contribution in [3.05, 3.63) is 125 Å². The zero-order chi connectivity index (χ0) is 29.1. The van der Waals surface area contributed by atoms with E-state index in [9.17, 15) is 9.59 Å². The van der Waals surface area contributed by atoms with Crippen molar-refractivity contribution < 1.29 is 23.5 Å². The number of aromatic nitrogens is 1. The van der Waals surface area contributed by atoms with Gasteiger partial charge in [-0.25, -0.2) is 9.79 Å². The minimum absolute atomic E-state index is 0.115. The van der Waals surface area contributed by atoms with Gasteiger partial charge in [0.05, 0.1) is 37.9 Å². The highest BCUT2D eigenvalue weighted by Crippen LogP contribution is 2.37. The van der Waals surface area contributed by atoms with Crippen LogP contribution in [0.4, 0.5) is 5.69 Å². The van der Waals surface area contributed by atoms with Gasteiger partial charge >= 0.3 is 5.97 Å². The molecular formula is C33H27N3O5S. The third kappa shape index (κ3) is 5.59. The number of para-hydroxylation sites is 2. The number of fused-ring (bicyclic) bond motifs is 1. The van der Waals surface area contributed by atoms with E-state index < -0.39 is 5.97 Å². The number of carbonyl (C=O) groups is 2. The molecule has 1 saturated heterocycles. The van der Waals surface area contributed by atoms with Gasteiger partial charge < -0.3 is 18.5 Å². The first kappa shape index (κ1) is 27.2. The number of carbonyl (C=O) groups excluding carboxylic acids is 2. The molecule has 6 rings (SSSR count). The van der Waals surface area contributed by atoms with Gasteiger partial charge in [-0.1, -0.05) is 48.5 Å². The summed E-state index contributed by atoms with van der Waals surface area (Å²) in [6, 6.07) is 28.6. The maximum absolute atomic E-state index is 13.8. The molecule has 5 aromatic rings. The number of amides is 1. The van der Waals surface area contributed by atoms with Crippen molar-refractivity contribution in [2.45, 2.75) is 13.1 Å². The van der Waals surface area contributed by atoms with Crippen molar-refractivity contribution in [1.82, 2.24) is 9.47 Å². The summed E-state index contributed by atoms with van der Waals surface area (Å²) in [6.07, 6.45) is 3.91. The summed E-state index contributed by atoms with van der Waals surface area (Å²) >= 11 is 1.36. The van der Waals surface area contributed by atoms with E-state index >= 15 is 0 Å². The van der Waals surface area contributed by atoms with E-state index in [1.165, 1.54) is 18.9 Å². The zero-order valence-corrected chi connectivity index (χ0v) is 23.8. The predicted octanol–water partition coefficient (Wildman–Crippen LogP) is 6.88. The highest BCUT2D eigenvalue weighted by atomic mass is 32.2. The van der Waals surface area contributed by atoms with Crippen LogP contribution in [0.2, 0.25) is 0 Å². The smallest absolute Gasteiger partial charge is 0.373 e. The van der Waals surface area contributed by atoms with E-state index in [1.54, 1.807) is 24.1 Å². The first-order valence-electron chi connectivity index (χ1n) is 13.3. The molecule has 0 unspecified atom stereocenters. The Morgan fingerprint density at radius 2 is 1.69 bits per heavy atom. The Labute approximate surface area is 246 Å². The molecule has 1 aliphatic rings. The van der Waals surface area contributed by atoms with E-state index in [-0.39, 0.29) is 11.7 Å². The number of thioether (sulfide) groups is 1. The third-order valence-electron chi connectivity index (χ3n) is 6.85. The minimum atomic E-state index is -0.520. The van der Waals surface area contributed by atoms with Crippen molar-refractivity contribution in [1.29, 1.82) is 0 Å². The van der Waals surface area contributed by atoms with Crippen molar-refractivity contribution >= 4 is 51.5 Å². The fourth-order valence-electron chi connectivity index (χ4n) is 4.76. The summed E-state index contributed by atoms with van der Waals surface area (Å²) in [4.78, 5) is 32.8. The lowest BCUT2D eigenvalue weighted by Crippen LogP contribution is -2.28. The van der Waals surface area contributed by atoms with Gasteiger partial charge in [0, 0.05) is 22.7 Å². The van der Waals surface area contributed by atoms with Crippen LogP contribution in [-0.2, 0) is 22.6 Å². The van der Waals surface area contributed by atoms with Gasteiger partial charge in [-0.2, -0.15) is 0 Å². The molecule has 1 amide bonds. The second-order valence-corrected chi connectivity index (χ2v) is 10.6. The summed E-state index contributed by atoms with van der Waals surface area (Å²) in [5.41, 5.74) is 3.61. The number of aliphatic imine (C=N–C) groups is 1. The van der Waals surface area contributed by atoms with Gasteiger partial charge in [-0.05, 0) is 65.9 Å². The number of ether oxygens (including phenoxy) is 2. The topological polar surface area (TPSA) is 86.3 Å². The number of furan rings is 1. The number of amidine groups is 1. The summed E-state index contributed by atoms with van der Waals surface area (Å²) in [5.74, 6) is 0.891. The average molecular weight is 578 g/mol. The Hall–Kier alpha value is -5.02. The van der Waals surface area contributed by atoms with Crippen LogP contribution in [0, 0.1) is 0 Å². The molecule has 0 N–H and O–H groups in total. The first-order chi connectivity index (χ1) is 20.5.